The normalized spacial score (nSPS) is 14.9. The zero-order chi connectivity index (χ0) is 17.4. The third kappa shape index (κ3) is 3.00. The molecule has 2 aromatic heterocycles. The molecular weight excluding hydrogens is 338 g/mol. The predicted octanol–water partition coefficient (Wildman–Crippen LogP) is 1.35. The van der Waals surface area contributed by atoms with Crippen LogP contribution in [0.1, 0.15) is 10.4 Å². The third-order valence-electron chi connectivity index (χ3n) is 4.46. The summed E-state index contributed by atoms with van der Waals surface area (Å²) in [5, 5.41) is 4.06. The van der Waals surface area contributed by atoms with Gasteiger partial charge in [-0.3, -0.25) is 9.59 Å². The number of aryl methyl sites for hydroxylation is 1. The van der Waals surface area contributed by atoms with Gasteiger partial charge in [0.15, 0.2) is 0 Å². The Labute approximate surface area is 148 Å². The van der Waals surface area contributed by atoms with E-state index in [1.165, 1.54) is 4.68 Å². The van der Waals surface area contributed by atoms with E-state index in [1.807, 2.05) is 23.1 Å². The molecule has 0 unspecified atom stereocenters. The third-order valence-corrected chi connectivity index (χ3v) is 5.27. The molecule has 0 saturated carbocycles. The van der Waals surface area contributed by atoms with Gasteiger partial charge in [-0.1, -0.05) is 0 Å². The number of benzene rings is 1. The molecule has 1 aliphatic heterocycles. The number of aromatic nitrogens is 3. The molecule has 128 valence electrons. The van der Waals surface area contributed by atoms with Crippen molar-refractivity contribution in [1.29, 1.82) is 0 Å². The summed E-state index contributed by atoms with van der Waals surface area (Å²) in [7, 11) is 1.63. The van der Waals surface area contributed by atoms with Gasteiger partial charge in [-0.2, -0.15) is 5.10 Å². The monoisotopic (exact) mass is 355 g/mol. The highest BCUT2D eigenvalue weighted by atomic mass is 32.1. The SMILES string of the molecule is Cn1ncc(N2CCN(C(=O)c3ccc4scnc4c3)CC2)cc1=O. The first kappa shape index (κ1) is 15.8. The Bertz CT molecular complexity index is 988. The summed E-state index contributed by atoms with van der Waals surface area (Å²) >= 11 is 1.57. The van der Waals surface area contributed by atoms with E-state index in [9.17, 15) is 9.59 Å². The number of hydrogen-bond donors (Lipinski definition) is 0. The first-order valence-electron chi connectivity index (χ1n) is 8.03. The molecule has 25 heavy (non-hydrogen) atoms. The molecule has 1 saturated heterocycles. The number of rotatable bonds is 2. The van der Waals surface area contributed by atoms with Gasteiger partial charge in [-0.15, -0.1) is 11.3 Å². The van der Waals surface area contributed by atoms with Crippen molar-refractivity contribution in [3.63, 3.8) is 0 Å². The van der Waals surface area contributed by atoms with Gasteiger partial charge in [0.2, 0.25) is 0 Å². The topological polar surface area (TPSA) is 71.3 Å². The number of anilines is 1. The van der Waals surface area contributed by atoms with Gasteiger partial charge >= 0.3 is 0 Å². The maximum absolute atomic E-state index is 12.7. The summed E-state index contributed by atoms with van der Waals surface area (Å²) in [6.45, 7) is 2.59. The van der Waals surface area contributed by atoms with E-state index in [0.717, 1.165) is 15.9 Å². The summed E-state index contributed by atoms with van der Waals surface area (Å²) < 4.78 is 2.39. The molecule has 1 fully saturated rings. The average Bonchev–Trinajstić information content (AvgIpc) is 3.11. The molecule has 0 spiro atoms. The standard InChI is InChI=1S/C17H17N5O2S/c1-20-16(23)9-13(10-19-20)21-4-6-22(7-5-21)17(24)12-2-3-15-14(8-12)18-11-25-15/h2-3,8-11H,4-7H2,1H3. The number of fused-ring (bicyclic) bond motifs is 1. The molecule has 0 bridgehead atoms. The van der Waals surface area contributed by atoms with Gasteiger partial charge in [0.05, 0.1) is 27.6 Å². The molecule has 0 aliphatic carbocycles. The molecule has 3 aromatic rings. The zero-order valence-electron chi connectivity index (χ0n) is 13.8. The minimum atomic E-state index is -0.132. The molecular formula is C17H17N5O2S. The van der Waals surface area contributed by atoms with Crippen LogP contribution >= 0.6 is 11.3 Å². The van der Waals surface area contributed by atoms with E-state index >= 15 is 0 Å². The van der Waals surface area contributed by atoms with Crippen LogP contribution in [0.25, 0.3) is 10.2 Å². The van der Waals surface area contributed by atoms with Crippen molar-refractivity contribution in [3.05, 3.63) is 51.9 Å². The summed E-state index contributed by atoms with van der Waals surface area (Å²) in [5.41, 5.74) is 3.99. The molecule has 1 aliphatic rings. The largest absolute Gasteiger partial charge is 0.367 e. The predicted molar refractivity (Wildman–Crippen MR) is 97.2 cm³/mol. The van der Waals surface area contributed by atoms with Crippen LogP contribution in [0.5, 0.6) is 0 Å². The summed E-state index contributed by atoms with van der Waals surface area (Å²) in [6, 6.07) is 7.24. The van der Waals surface area contributed by atoms with Crippen LogP contribution in [0.2, 0.25) is 0 Å². The van der Waals surface area contributed by atoms with Crippen molar-refractivity contribution < 1.29 is 4.79 Å². The Hall–Kier alpha value is -2.74. The fraction of sp³-hybridized carbons (Fsp3) is 0.294. The highest BCUT2D eigenvalue weighted by molar-refractivity contribution is 7.16. The van der Waals surface area contributed by atoms with E-state index in [0.29, 0.717) is 31.7 Å². The molecule has 1 amide bonds. The van der Waals surface area contributed by atoms with E-state index < -0.39 is 0 Å². The fourth-order valence-corrected chi connectivity index (χ4v) is 3.63. The van der Waals surface area contributed by atoms with Crippen molar-refractivity contribution >= 4 is 33.1 Å². The van der Waals surface area contributed by atoms with Crippen LogP contribution in [0, 0.1) is 0 Å². The zero-order valence-corrected chi connectivity index (χ0v) is 14.6. The van der Waals surface area contributed by atoms with Gasteiger partial charge in [0.25, 0.3) is 11.5 Å². The van der Waals surface area contributed by atoms with Crippen molar-refractivity contribution in [3.8, 4) is 0 Å². The Morgan fingerprint density at radius 3 is 2.72 bits per heavy atom. The second kappa shape index (κ2) is 6.29. The van der Waals surface area contributed by atoms with Crippen LogP contribution < -0.4 is 10.5 Å². The molecule has 3 heterocycles. The molecule has 7 nitrogen and oxygen atoms in total. The van der Waals surface area contributed by atoms with Crippen LogP contribution in [0.15, 0.2) is 40.8 Å². The van der Waals surface area contributed by atoms with Crippen molar-refractivity contribution in [2.24, 2.45) is 7.05 Å². The quantitative estimate of drug-likeness (QED) is 0.694. The maximum atomic E-state index is 12.7. The van der Waals surface area contributed by atoms with Crippen molar-refractivity contribution in [2.75, 3.05) is 31.1 Å². The number of piperazine rings is 1. The number of thiazole rings is 1. The molecule has 0 radical (unpaired) electrons. The van der Waals surface area contributed by atoms with Crippen LogP contribution in [0.3, 0.4) is 0 Å². The Morgan fingerprint density at radius 1 is 1.16 bits per heavy atom. The first-order chi connectivity index (χ1) is 12.1. The molecule has 1 aromatic carbocycles. The number of nitrogens with zero attached hydrogens (tertiary/aromatic N) is 5. The van der Waals surface area contributed by atoms with Gasteiger partial charge in [-0.25, -0.2) is 9.67 Å². The van der Waals surface area contributed by atoms with Gasteiger partial charge < -0.3 is 9.80 Å². The number of amides is 1. The first-order valence-corrected chi connectivity index (χ1v) is 8.90. The average molecular weight is 355 g/mol. The minimum Gasteiger partial charge on any atom is -0.367 e. The summed E-state index contributed by atoms with van der Waals surface area (Å²) in [5.74, 6) is 0.0247. The smallest absolute Gasteiger partial charge is 0.268 e. The Balaban J connectivity index is 1.46. The summed E-state index contributed by atoms with van der Waals surface area (Å²) in [6.07, 6.45) is 1.69. The second-order valence-electron chi connectivity index (χ2n) is 5.99. The molecule has 4 rings (SSSR count). The maximum Gasteiger partial charge on any atom is 0.268 e. The van der Waals surface area contributed by atoms with E-state index in [4.69, 9.17) is 0 Å². The van der Waals surface area contributed by atoms with Crippen LogP contribution in [-0.4, -0.2) is 51.8 Å². The highest BCUT2D eigenvalue weighted by Crippen LogP contribution is 2.20. The second-order valence-corrected chi connectivity index (χ2v) is 6.88. The van der Waals surface area contributed by atoms with Gasteiger partial charge in [0.1, 0.15) is 0 Å². The molecule has 8 heteroatoms. The van der Waals surface area contributed by atoms with E-state index in [1.54, 1.807) is 36.2 Å². The highest BCUT2D eigenvalue weighted by Gasteiger charge is 2.23. The lowest BCUT2D eigenvalue weighted by atomic mass is 10.1. The van der Waals surface area contributed by atoms with Gasteiger partial charge in [0, 0.05) is 44.9 Å². The van der Waals surface area contributed by atoms with E-state index in [2.05, 4.69) is 15.0 Å². The Kier molecular flexibility index (Phi) is 3.96. The molecule has 0 atom stereocenters. The van der Waals surface area contributed by atoms with Gasteiger partial charge in [-0.05, 0) is 18.2 Å². The number of hydrogen-bond acceptors (Lipinski definition) is 6. The lowest BCUT2D eigenvalue weighted by Crippen LogP contribution is -2.49. The lowest BCUT2D eigenvalue weighted by Gasteiger charge is -2.35. The minimum absolute atomic E-state index is 0.0247. The number of carbonyl (C=O) groups is 1. The van der Waals surface area contributed by atoms with Crippen LogP contribution in [-0.2, 0) is 7.05 Å². The number of carbonyl (C=O) groups excluding carboxylic acids is 1. The van der Waals surface area contributed by atoms with Crippen LogP contribution in [0.4, 0.5) is 5.69 Å². The molecule has 0 N–H and O–H groups in total. The van der Waals surface area contributed by atoms with Crippen molar-refractivity contribution in [1.82, 2.24) is 19.7 Å². The summed E-state index contributed by atoms with van der Waals surface area (Å²) in [4.78, 5) is 32.7. The lowest BCUT2D eigenvalue weighted by molar-refractivity contribution is 0.0747. The fourth-order valence-electron chi connectivity index (χ4n) is 2.97. The van der Waals surface area contributed by atoms with E-state index in [-0.39, 0.29) is 11.5 Å². The van der Waals surface area contributed by atoms with Crippen molar-refractivity contribution in [2.45, 2.75) is 0 Å². The Morgan fingerprint density at radius 2 is 1.96 bits per heavy atom.